The fourth-order valence-electron chi connectivity index (χ4n) is 5.19. The van der Waals surface area contributed by atoms with E-state index in [-0.39, 0.29) is 16.4 Å². The summed E-state index contributed by atoms with van der Waals surface area (Å²) in [4.78, 5) is 15.2. The number of carbonyl (C=O) groups excluding carboxylic acids is 1. The van der Waals surface area contributed by atoms with Crippen molar-refractivity contribution in [2.24, 2.45) is 0 Å². The molecule has 0 atom stereocenters. The van der Waals surface area contributed by atoms with Gasteiger partial charge in [0, 0.05) is 54.2 Å². The molecule has 2 aliphatic rings. The van der Waals surface area contributed by atoms with Crippen LogP contribution in [0.2, 0.25) is 5.02 Å². The molecule has 33 heavy (non-hydrogen) atoms. The lowest BCUT2D eigenvalue weighted by Gasteiger charge is -2.33. The van der Waals surface area contributed by atoms with Gasteiger partial charge in [0.1, 0.15) is 10.6 Å². The van der Waals surface area contributed by atoms with Crippen molar-refractivity contribution >= 4 is 27.4 Å². The van der Waals surface area contributed by atoms with Crippen LogP contribution in [0, 0.1) is 13.8 Å². The Morgan fingerprint density at radius 1 is 1.09 bits per heavy atom. The highest BCUT2D eigenvalue weighted by atomic mass is 35.5. The van der Waals surface area contributed by atoms with Gasteiger partial charge in [0.25, 0.3) is 0 Å². The molecule has 0 amide bonds. The van der Waals surface area contributed by atoms with Crippen LogP contribution in [-0.4, -0.2) is 67.8 Å². The topological polar surface area (TPSA) is 71.9 Å². The van der Waals surface area contributed by atoms with Gasteiger partial charge in [-0.1, -0.05) is 24.4 Å². The Hall–Kier alpha value is -1.87. The molecule has 9 heteroatoms. The van der Waals surface area contributed by atoms with Crippen molar-refractivity contribution in [3.05, 3.63) is 46.2 Å². The van der Waals surface area contributed by atoms with Gasteiger partial charge in [-0.2, -0.15) is 4.31 Å². The fraction of sp³-hybridized carbons (Fsp3) is 0.542. The Labute approximate surface area is 201 Å². The molecule has 2 heterocycles. The Morgan fingerprint density at radius 2 is 1.76 bits per heavy atom. The number of carbonyl (C=O) groups is 1. The zero-order valence-corrected chi connectivity index (χ0v) is 21.1. The second kappa shape index (κ2) is 9.78. The molecule has 7 nitrogen and oxygen atoms in total. The van der Waals surface area contributed by atoms with Crippen LogP contribution in [0.5, 0.6) is 5.75 Å². The maximum atomic E-state index is 13.2. The van der Waals surface area contributed by atoms with E-state index < -0.39 is 10.0 Å². The molecule has 1 aromatic carbocycles. The highest BCUT2D eigenvalue weighted by Gasteiger charge is 2.32. The lowest BCUT2D eigenvalue weighted by Crippen LogP contribution is -2.49. The summed E-state index contributed by atoms with van der Waals surface area (Å²) in [5.41, 5.74) is 2.99. The summed E-state index contributed by atoms with van der Waals surface area (Å²) < 4.78 is 35.4. The van der Waals surface area contributed by atoms with Gasteiger partial charge in [-0.3, -0.25) is 9.69 Å². The normalized spacial score (nSPS) is 18.7. The first-order chi connectivity index (χ1) is 15.7. The summed E-state index contributed by atoms with van der Waals surface area (Å²) in [5.74, 6) is 0.370. The van der Waals surface area contributed by atoms with Crippen molar-refractivity contribution in [3.63, 3.8) is 0 Å². The number of hydrogen-bond acceptors (Lipinski definition) is 5. The van der Waals surface area contributed by atoms with Gasteiger partial charge >= 0.3 is 0 Å². The third kappa shape index (κ3) is 4.85. The summed E-state index contributed by atoms with van der Waals surface area (Å²) >= 11 is 6.04. The Kier molecular flexibility index (Phi) is 7.19. The highest BCUT2D eigenvalue weighted by molar-refractivity contribution is 7.89. The molecular formula is C24H32ClN3O4S. The predicted octanol–water partition coefficient (Wildman–Crippen LogP) is 4.07. The number of methoxy groups -OCH3 is 1. The van der Waals surface area contributed by atoms with E-state index in [0.29, 0.717) is 43.8 Å². The van der Waals surface area contributed by atoms with Gasteiger partial charge in [0.2, 0.25) is 10.0 Å². The van der Waals surface area contributed by atoms with Crippen molar-refractivity contribution in [1.82, 2.24) is 13.8 Å². The number of piperazine rings is 1. The van der Waals surface area contributed by atoms with Gasteiger partial charge in [-0.25, -0.2) is 8.42 Å². The number of rotatable bonds is 7. The van der Waals surface area contributed by atoms with Gasteiger partial charge in [0.05, 0.1) is 13.7 Å². The number of nitrogens with zero attached hydrogens (tertiary/aromatic N) is 3. The average Bonchev–Trinajstić information content (AvgIpc) is 3.41. The van der Waals surface area contributed by atoms with E-state index in [0.717, 1.165) is 17.0 Å². The highest BCUT2D eigenvalue weighted by Crippen LogP contribution is 2.34. The lowest BCUT2D eigenvalue weighted by molar-refractivity contribution is 0.0901. The molecule has 0 radical (unpaired) electrons. The molecule has 0 N–H and O–H groups in total. The predicted molar refractivity (Wildman–Crippen MR) is 129 cm³/mol. The molecule has 2 aromatic rings. The number of aromatic nitrogens is 1. The number of ketones is 1. The molecule has 2 fully saturated rings. The molecule has 1 aliphatic heterocycles. The Bertz CT molecular complexity index is 1130. The number of ether oxygens (including phenoxy) is 1. The molecule has 180 valence electrons. The van der Waals surface area contributed by atoms with E-state index in [4.69, 9.17) is 16.3 Å². The van der Waals surface area contributed by atoms with Gasteiger partial charge in [-0.05, 0) is 51.0 Å². The number of sulfonamides is 1. The van der Waals surface area contributed by atoms with Crippen molar-refractivity contribution in [2.45, 2.75) is 50.5 Å². The molecule has 0 spiro atoms. The number of hydrogen-bond donors (Lipinski definition) is 0. The molecule has 4 rings (SSSR count). The summed E-state index contributed by atoms with van der Waals surface area (Å²) in [7, 11) is -2.30. The second-order valence-electron chi connectivity index (χ2n) is 8.99. The van der Waals surface area contributed by atoms with Crippen LogP contribution in [0.1, 0.15) is 53.5 Å². The molecule has 0 bridgehead atoms. The van der Waals surface area contributed by atoms with E-state index in [2.05, 4.69) is 11.5 Å². The van der Waals surface area contributed by atoms with E-state index in [1.54, 1.807) is 12.1 Å². The minimum atomic E-state index is -3.74. The van der Waals surface area contributed by atoms with Crippen LogP contribution in [-0.2, 0) is 10.0 Å². The minimum absolute atomic E-state index is 0.0707. The van der Waals surface area contributed by atoms with Gasteiger partial charge in [0.15, 0.2) is 5.78 Å². The molecule has 1 saturated heterocycles. The molecule has 1 aliphatic carbocycles. The van der Waals surface area contributed by atoms with Crippen LogP contribution in [0.3, 0.4) is 0 Å². The maximum absolute atomic E-state index is 13.2. The van der Waals surface area contributed by atoms with Crippen LogP contribution >= 0.6 is 11.6 Å². The van der Waals surface area contributed by atoms with Crippen molar-refractivity contribution < 1.29 is 17.9 Å². The van der Waals surface area contributed by atoms with Crippen LogP contribution < -0.4 is 4.74 Å². The van der Waals surface area contributed by atoms with Crippen LogP contribution in [0.4, 0.5) is 0 Å². The van der Waals surface area contributed by atoms with E-state index in [1.165, 1.54) is 43.2 Å². The van der Waals surface area contributed by atoms with Crippen molar-refractivity contribution in [2.75, 3.05) is 39.8 Å². The second-order valence-corrected chi connectivity index (χ2v) is 11.3. The lowest BCUT2D eigenvalue weighted by atomic mass is 10.1. The Balaban J connectivity index is 1.41. The third-order valence-electron chi connectivity index (χ3n) is 6.92. The summed E-state index contributed by atoms with van der Waals surface area (Å²) in [6.07, 6.45) is 4.86. The van der Waals surface area contributed by atoms with E-state index in [1.807, 2.05) is 17.9 Å². The van der Waals surface area contributed by atoms with Gasteiger partial charge < -0.3 is 9.30 Å². The van der Waals surface area contributed by atoms with E-state index >= 15 is 0 Å². The number of aryl methyl sites for hydroxylation is 1. The number of halogens is 1. The summed E-state index contributed by atoms with van der Waals surface area (Å²) in [6, 6.07) is 7.11. The van der Waals surface area contributed by atoms with Crippen molar-refractivity contribution in [1.29, 1.82) is 0 Å². The minimum Gasteiger partial charge on any atom is -0.495 e. The largest absolute Gasteiger partial charge is 0.495 e. The van der Waals surface area contributed by atoms with Crippen LogP contribution in [0.15, 0.2) is 29.2 Å². The molecular weight excluding hydrogens is 462 g/mol. The number of Topliss-reactive ketones (excluding diaryl/α,β-unsaturated/α-hetero) is 1. The number of benzene rings is 1. The Morgan fingerprint density at radius 3 is 2.39 bits per heavy atom. The third-order valence-corrected chi connectivity index (χ3v) is 9.07. The summed E-state index contributed by atoms with van der Waals surface area (Å²) in [5, 5.41) is 0.341. The maximum Gasteiger partial charge on any atom is 0.246 e. The van der Waals surface area contributed by atoms with Gasteiger partial charge in [-0.15, -0.1) is 0 Å². The smallest absolute Gasteiger partial charge is 0.246 e. The molecule has 1 aromatic heterocycles. The monoisotopic (exact) mass is 493 g/mol. The first-order valence-electron chi connectivity index (χ1n) is 11.5. The first-order valence-corrected chi connectivity index (χ1v) is 13.3. The van der Waals surface area contributed by atoms with Crippen LogP contribution in [0.25, 0.3) is 0 Å². The summed E-state index contributed by atoms with van der Waals surface area (Å²) in [6.45, 7) is 6.03. The van der Waals surface area contributed by atoms with Crippen molar-refractivity contribution in [3.8, 4) is 5.75 Å². The zero-order chi connectivity index (χ0) is 23.8. The average molecular weight is 494 g/mol. The van der Waals surface area contributed by atoms with E-state index in [9.17, 15) is 13.2 Å². The first kappa shape index (κ1) is 24.3. The molecule has 0 unspecified atom stereocenters. The standard InChI is InChI=1S/C24H32ClN3O4S/c1-17-14-21(18(2)28(17)20-6-4-5-7-20)22(29)16-26-10-12-27(13-11-26)33(30,31)24-15-19(25)8-9-23(24)32-3/h8-9,14-15,20H,4-7,10-13,16H2,1-3H3. The fourth-order valence-corrected chi connectivity index (χ4v) is 7.03. The quantitative estimate of drug-likeness (QED) is 0.544. The SMILES string of the molecule is COc1ccc(Cl)cc1S(=O)(=O)N1CCN(CC(=O)c2cc(C)n(C3CCCC3)c2C)CC1. The molecule has 1 saturated carbocycles. The zero-order valence-electron chi connectivity index (χ0n) is 19.5.